The maximum absolute atomic E-state index is 12.6. The molecule has 0 saturated carbocycles. The fourth-order valence-corrected chi connectivity index (χ4v) is 3.72. The standard InChI is InChI=1S/C20H23N3O3/c24-19(18-6-3-13-26-18)22-11-8-17(9-12-22)21-20(25)23-10-7-15-4-1-2-5-16(15)14-23/h1-6,13,17H,7-12,14H2,(H,21,25). The average Bonchev–Trinajstić information content (AvgIpc) is 3.22. The van der Waals surface area contributed by atoms with Gasteiger partial charge in [0.2, 0.25) is 0 Å². The molecule has 0 spiro atoms. The van der Waals surface area contributed by atoms with E-state index in [9.17, 15) is 9.59 Å². The lowest BCUT2D eigenvalue weighted by Crippen LogP contribution is -2.51. The van der Waals surface area contributed by atoms with E-state index in [0.29, 0.717) is 25.4 Å². The van der Waals surface area contributed by atoms with Gasteiger partial charge in [-0.2, -0.15) is 0 Å². The molecule has 1 saturated heterocycles. The second kappa shape index (κ2) is 7.23. The summed E-state index contributed by atoms with van der Waals surface area (Å²) in [5, 5.41) is 3.14. The number of furan rings is 1. The number of nitrogens with zero attached hydrogens (tertiary/aromatic N) is 2. The molecule has 1 fully saturated rings. The Balaban J connectivity index is 1.28. The minimum atomic E-state index is -0.0765. The van der Waals surface area contributed by atoms with Gasteiger partial charge in [0.25, 0.3) is 5.91 Å². The fraction of sp³-hybridized carbons (Fsp3) is 0.400. The lowest BCUT2D eigenvalue weighted by Gasteiger charge is -2.34. The summed E-state index contributed by atoms with van der Waals surface area (Å²) in [6.07, 6.45) is 3.95. The first-order chi connectivity index (χ1) is 12.7. The van der Waals surface area contributed by atoms with E-state index in [1.165, 1.54) is 17.4 Å². The van der Waals surface area contributed by atoms with Gasteiger partial charge in [0.1, 0.15) is 0 Å². The Morgan fingerprint density at radius 3 is 2.46 bits per heavy atom. The normalized spacial score (nSPS) is 17.7. The summed E-state index contributed by atoms with van der Waals surface area (Å²) in [4.78, 5) is 28.6. The van der Waals surface area contributed by atoms with Crippen LogP contribution in [0.15, 0.2) is 47.1 Å². The number of nitrogens with one attached hydrogen (secondary N) is 1. The van der Waals surface area contributed by atoms with E-state index >= 15 is 0 Å². The van der Waals surface area contributed by atoms with E-state index in [1.54, 1.807) is 17.0 Å². The number of fused-ring (bicyclic) bond motifs is 1. The molecular formula is C20H23N3O3. The van der Waals surface area contributed by atoms with Gasteiger partial charge >= 0.3 is 6.03 Å². The zero-order valence-electron chi connectivity index (χ0n) is 14.7. The van der Waals surface area contributed by atoms with Gasteiger partial charge in [-0.05, 0) is 42.5 Å². The zero-order valence-corrected chi connectivity index (χ0v) is 14.7. The van der Waals surface area contributed by atoms with Crippen molar-refractivity contribution in [2.45, 2.75) is 31.8 Å². The van der Waals surface area contributed by atoms with E-state index in [1.807, 2.05) is 17.0 Å². The molecule has 1 N–H and O–H groups in total. The molecule has 3 amide bonds. The Morgan fingerprint density at radius 1 is 0.962 bits per heavy atom. The van der Waals surface area contributed by atoms with Crippen LogP contribution in [0, 0.1) is 0 Å². The van der Waals surface area contributed by atoms with Crippen LogP contribution in [0.3, 0.4) is 0 Å². The van der Waals surface area contributed by atoms with Crippen LogP contribution in [0.4, 0.5) is 4.79 Å². The topological polar surface area (TPSA) is 65.8 Å². The van der Waals surface area contributed by atoms with Crippen LogP contribution in [0.2, 0.25) is 0 Å². The number of piperidine rings is 1. The van der Waals surface area contributed by atoms with Crippen LogP contribution in [-0.4, -0.2) is 47.4 Å². The molecule has 2 aliphatic heterocycles. The highest BCUT2D eigenvalue weighted by atomic mass is 16.3. The van der Waals surface area contributed by atoms with Crippen molar-refractivity contribution in [3.63, 3.8) is 0 Å². The maximum Gasteiger partial charge on any atom is 0.317 e. The quantitative estimate of drug-likeness (QED) is 0.903. The number of rotatable bonds is 2. The van der Waals surface area contributed by atoms with Gasteiger partial charge in [-0.25, -0.2) is 4.79 Å². The van der Waals surface area contributed by atoms with E-state index in [2.05, 4.69) is 17.4 Å². The van der Waals surface area contributed by atoms with Crippen LogP contribution in [0.5, 0.6) is 0 Å². The van der Waals surface area contributed by atoms with Crippen molar-refractivity contribution in [3.05, 3.63) is 59.5 Å². The van der Waals surface area contributed by atoms with Gasteiger partial charge in [0.15, 0.2) is 5.76 Å². The van der Waals surface area contributed by atoms with Crippen LogP contribution in [0.1, 0.15) is 34.5 Å². The van der Waals surface area contributed by atoms with Crippen LogP contribution < -0.4 is 5.32 Å². The summed E-state index contributed by atoms with van der Waals surface area (Å²) in [6, 6.07) is 11.8. The lowest BCUT2D eigenvalue weighted by molar-refractivity contribution is 0.0674. The highest BCUT2D eigenvalue weighted by Gasteiger charge is 2.27. The van der Waals surface area contributed by atoms with Gasteiger partial charge in [0, 0.05) is 32.2 Å². The molecule has 3 heterocycles. The van der Waals surface area contributed by atoms with Gasteiger partial charge in [-0.1, -0.05) is 24.3 Å². The molecule has 0 unspecified atom stereocenters. The number of carbonyl (C=O) groups excluding carboxylic acids is 2. The minimum Gasteiger partial charge on any atom is -0.459 e. The van der Waals surface area contributed by atoms with Gasteiger partial charge in [-0.15, -0.1) is 0 Å². The first-order valence-electron chi connectivity index (χ1n) is 9.16. The predicted octanol–water partition coefficient (Wildman–Crippen LogP) is 2.65. The van der Waals surface area contributed by atoms with E-state index in [-0.39, 0.29) is 18.0 Å². The first-order valence-corrected chi connectivity index (χ1v) is 9.16. The molecule has 6 nitrogen and oxygen atoms in total. The summed E-state index contributed by atoms with van der Waals surface area (Å²) in [5.41, 5.74) is 2.56. The Hall–Kier alpha value is -2.76. The zero-order chi connectivity index (χ0) is 17.9. The van der Waals surface area contributed by atoms with Gasteiger partial charge < -0.3 is 19.5 Å². The number of carbonyl (C=O) groups is 2. The number of urea groups is 1. The predicted molar refractivity (Wildman–Crippen MR) is 96.7 cm³/mol. The van der Waals surface area contributed by atoms with Crippen molar-refractivity contribution in [2.75, 3.05) is 19.6 Å². The number of benzene rings is 1. The lowest BCUT2D eigenvalue weighted by atomic mass is 10.00. The third-order valence-corrected chi connectivity index (χ3v) is 5.26. The summed E-state index contributed by atoms with van der Waals surface area (Å²) in [6.45, 7) is 2.68. The second-order valence-corrected chi connectivity index (χ2v) is 6.93. The molecule has 0 radical (unpaired) electrons. The third kappa shape index (κ3) is 3.45. The molecule has 0 bridgehead atoms. The highest BCUT2D eigenvalue weighted by Crippen LogP contribution is 2.19. The number of hydrogen-bond donors (Lipinski definition) is 1. The minimum absolute atomic E-state index is 0.00434. The molecule has 6 heteroatoms. The van der Waals surface area contributed by atoms with Crippen LogP contribution in [0.25, 0.3) is 0 Å². The van der Waals surface area contributed by atoms with Crippen molar-refractivity contribution in [1.29, 1.82) is 0 Å². The Kier molecular flexibility index (Phi) is 4.65. The number of likely N-dealkylation sites (tertiary alicyclic amines) is 1. The van der Waals surface area contributed by atoms with E-state index in [0.717, 1.165) is 25.8 Å². The maximum atomic E-state index is 12.6. The average molecular weight is 353 g/mol. The molecule has 0 atom stereocenters. The molecule has 26 heavy (non-hydrogen) atoms. The first kappa shape index (κ1) is 16.7. The molecule has 136 valence electrons. The van der Waals surface area contributed by atoms with Crippen LogP contribution >= 0.6 is 0 Å². The third-order valence-electron chi connectivity index (χ3n) is 5.26. The molecule has 1 aromatic carbocycles. The molecule has 2 aromatic rings. The monoisotopic (exact) mass is 353 g/mol. The molecular weight excluding hydrogens is 330 g/mol. The molecule has 4 rings (SSSR count). The smallest absolute Gasteiger partial charge is 0.317 e. The van der Waals surface area contributed by atoms with Crippen molar-refractivity contribution in [3.8, 4) is 0 Å². The van der Waals surface area contributed by atoms with E-state index < -0.39 is 0 Å². The fourth-order valence-electron chi connectivity index (χ4n) is 3.72. The van der Waals surface area contributed by atoms with Crippen molar-refractivity contribution in [2.24, 2.45) is 0 Å². The highest BCUT2D eigenvalue weighted by molar-refractivity contribution is 5.91. The second-order valence-electron chi connectivity index (χ2n) is 6.93. The van der Waals surface area contributed by atoms with E-state index in [4.69, 9.17) is 4.42 Å². The SMILES string of the molecule is O=C(NC1CCN(C(=O)c2ccco2)CC1)N1CCc2ccccc2C1. The Bertz CT molecular complexity index is 779. The molecule has 2 aliphatic rings. The van der Waals surface area contributed by atoms with Crippen molar-refractivity contribution < 1.29 is 14.0 Å². The summed E-state index contributed by atoms with van der Waals surface area (Å²) < 4.78 is 5.18. The van der Waals surface area contributed by atoms with Crippen molar-refractivity contribution >= 4 is 11.9 Å². The van der Waals surface area contributed by atoms with Crippen molar-refractivity contribution in [1.82, 2.24) is 15.1 Å². The Labute approximate surface area is 152 Å². The number of amides is 3. The van der Waals surface area contributed by atoms with Crippen LogP contribution in [-0.2, 0) is 13.0 Å². The largest absolute Gasteiger partial charge is 0.459 e. The molecule has 1 aromatic heterocycles. The summed E-state index contributed by atoms with van der Waals surface area (Å²) in [5.74, 6) is 0.298. The Morgan fingerprint density at radius 2 is 1.73 bits per heavy atom. The van der Waals surface area contributed by atoms with Gasteiger partial charge in [-0.3, -0.25) is 4.79 Å². The number of hydrogen-bond acceptors (Lipinski definition) is 3. The summed E-state index contributed by atoms with van der Waals surface area (Å²) in [7, 11) is 0. The molecule has 0 aliphatic carbocycles. The summed E-state index contributed by atoms with van der Waals surface area (Å²) >= 11 is 0. The van der Waals surface area contributed by atoms with Gasteiger partial charge in [0.05, 0.1) is 6.26 Å².